The second-order valence-corrected chi connectivity index (χ2v) is 4.69. The third kappa shape index (κ3) is 2.91. The number of aromatic nitrogens is 4. The van der Waals surface area contributed by atoms with Crippen LogP contribution in [0, 0.1) is 3.57 Å². The smallest absolute Gasteiger partial charge is 0.143 e. The summed E-state index contributed by atoms with van der Waals surface area (Å²) in [5.74, 6) is 0.878. The first kappa shape index (κ1) is 11.3. The number of hydrogen-bond acceptors (Lipinski definition) is 4. The number of nitrogens with zero attached hydrogens (tertiary/aromatic N) is 4. The predicted molar refractivity (Wildman–Crippen MR) is 70.1 cm³/mol. The molecule has 0 bridgehead atoms. The maximum absolute atomic E-state index is 4.19. The number of anilines is 1. The van der Waals surface area contributed by atoms with E-state index in [0.29, 0.717) is 0 Å². The van der Waals surface area contributed by atoms with E-state index in [0.717, 1.165) is 15.9 Å². The molecule has 0 aliphatic carbocycles. The summed E-state index contributed by atoms with van der Waals surface area (Å²) in [6.07, 6.45) is 8.88. The molecule has 2 aromatic heterocycles. The van der Waals surface area contributed by atoms with Crippen molar-refractivity contribution in [3.8, 4) is 0 Å². The molecule has 6 heteroatoms. The standard InChI is InChI=1S/C10H12IN5/c1-8(5-16-3-2-12-7-16)15-10-9(11)4-13-6-14-10/h2-4,6-8H,5H2,1H3,(H,13,14,15). The van der Waals surface area contributed by atoms with Crippen molar-refractivity contribution in [3.63, 3.8) is 0 Å². The normalized spacial score (nSPS) is 12.4. The molecule has 0 amide bonds. The van der Waals surface area contributed by atoms with Crippen molar-refractivity contribution in [2.45, 2.75) is 19.5 Å². The lowest BCUT2D eigenvalue weighted by molar-refractivity contribution is 0.616. The molecule has 0 fully saturated rings. The van der Waals surface area contributed by atoms with E-state index in [1.807, 2.05) is 17.1 Å². The van der Waals surface area contributed by atoms with Gasteiger partial charge in [-0.25, -0.2) is 15.0 Å². The summed E-state index contributed by atoms with van der Waals surface area (Å²) in [4.78, 5) is 12.2. The third-order valence-electron chi connectivity index (χ3n) is 2.09. The van der Waals surface area contributed by atoms with Gasteiger partial charge in [-0.15, -0.1) is 0 Å². The first-order valence-electron chi connectivity index (χ1n) is 4.93. The monoisotopic (exact) mass is 329 g/mol. The van der Waals surface area contributed by atoms with Gasteiger partial charge in [-0.2, -0.15) is 0 Å². The number of imidazole rings is 1. The van der Waals surface area contributed by atoms with Gasteiger partial charge in [0.1, 0.15) is 12.1 Å². The van der Waals surface area contributed by atoms with E-state index in [9.17, 15) is 0 Å². The Morgan fingerprint density at radius 3 is 3.06 bits per heavy atom. The first-order valence-corrected chi connectivity index (χ1v) is 6.01. The van der Waals surface area contributed by atoms with Crippen molar-refractivity contribution >= 4 is 28.4 Å². The molecular formula is C10H12IN5. The molecule has 84 valence electrons. The van der Waals surface area contributed by atoms with Gasteiger partial charge < -0.3 is 9.88 Å². The van der Waals surface area contributed by atoms with E-state index in [2.05, 4.69) is 49.8 Å². The van der Waals surface area contributed by atoms with Gasteiger partial charge in [0.2, 0.25) is 0 Å². The summed E-state index contributed by atoms with van der Waals surface area (Å²) < 4.78 is 3.06. The maximum Gasteiger partial charge on any atom is 0.143 e. The van der Waals surface area contributed by atoms with E-state index >= 15 is 0 Å². The highest BCUT2D eigenvalue weighted by molar-refractivity contribution is 14.1. The quantitative estimate of drug-likeness (QED) is 0.869. The third-order valence-corrected chi connectivity index (χ3v) is 2.88. The van der Waals surface area contributed by atoms with Gasteiger partial charge in [0.05, 0.1) is 9.90 Å². The number of rotatable bonds is 4. The van der Waals surface area contributed by atoms with Crippen LogP contribution in [0.2, 0.25) is 0 Å². The Balaban J connectivity index is 1.97. The minimum atomic E-state index is 0.289. The average Bonchev–Trinajstić information content (AvgIpc) is 2.74. The summed E-state index contributed by atoms with van der Waals surface area (Å²) >= 11 is 2.22. The van der Waals surface area contributed by atoms with Crippen LogP contribution in [-0.4, -0.2) is 25.6 Å². The highest BCUT2D eigenvalue weighted by atomic mass is 127. The molecule has 1 atom stereocenters. The molecule has 16 heavy (non-hydrogen) atoms. The number of nitrogens with one attached hydrogen (secondary N) is 1. The fraction of sp³-hybridized carbons (Fsp3) is 0.300. The zero-order valence-corrected chi connectivity index (χ0v) is 11.0. The lowest BCUT2D eigenvalue weighted by Crippen LogP contribution is -2.22. The second kappa shape index (κ2) is 5.24. The molecule has 1 unspecified atom stereocenters. The molecule has 0 aromatic carbocycles. The van der Waals surface area contributed by atoms with Crippen molar-refractivity contribution in [3.05, 3.63) is 34.8 Å². The zero-order valence-electron chi connectivity index (χ0n) is 8.84. The minimum Gasteiger partial charge on any atom is -0.365 e. The highest BCUT2D eigenvalue weighted by Gasteiger charge is 2.06. The van der Waals surface area contributed by atoms with Gasteiger partial charge in [0.15, 0.2) is 0 Å². The molecule has 0 spiro atoms. The van der Waals surface area contributed by atoms with E-state index < -0.39 is 0 Å². The lowest BCUT2D eigenvalue weighted by atomic mass is 10.3. The van der Waals surface area contributed by atoms with E-state index in [1.165, 1.54) is 0 Å². The Labute approximate surface area is 107 Å². The second-order valence-electron chi connectivity index (χ2n) is 3.52. The van der Waals surface area contributed by atoms with Gasteiger partial charge in [-0.05, 0) is 29.5 Å². The lowest BCUT2D eigenvalue weighted by Gasteiger charge is -2.15. The molecule has 2 aromatic rings. The SMILES string of the molecule is CC(Cn1ccnc1)Nc1ncncc1I. The van der Waals surface area contributed by atoms with Crippen molar-refractivity contribution in [1.29, 1.82) is 0 Å². The molecule has 0 saturated carbocycles. The van der Waals surface area contributed by atoms with Gasteiger partial charge in [0.25, 0.3) is 0 Å². The van der Waals surface area contributed by atoms with Crippen molar-refractivity contribution in [1.82, 2.24) is 19.5 Å². The molecular weight excluding hydrogens is 317 g/mol. The molecule has 0 aliphatic heterocycles. The van der Waals surface area contributed by atoms with Crippen molar-refractivity contribution < 1.29 is 0 Å². The van der Waals surface area contributed by atoms with Gasteiger partial charge in [-0.1, -0.05) is 0 Å². The molecule has 2 rings (SSSR count). The summed E-state index contributed by atoms with van der Waals surface area (Å²) in [5, 5.41) is 3.34. The fourth-order valence-corrected chi connectivity index (χ4v) is 1.86. The summed E-state index contributed by atoms with van der Waals surface area (Å²) in [6, 6.07) is 0.289. The Morgan fingerprint density at radius 1 is 1.50 bits per heavy atom. The Morgan fingerprint density at radius 2 is 2.38 bits per heavy atom. The van der Waals surface area contributed by atoms with Crippen LogP contribution in [0.3, 0.4) is 0 Å². The van der Waals surface area contributed by atoms with Crippen LogP contribution in [0.4, 0.5) is 5.82 Å². The van der Waals surface area contributed by atoms with Crippen molar-refractivity contribution in [2.24, 2.45) is 0 Å². The highest BCUT2D eigenvalue weighted by Crippen LogP contribution is 2.13. The van der Waals surface area contributed by atoms with Gasteiger partial charge in [-0.3, -0.25) is 0 Å². The predicted octanol–water partition coefficient (Wildman–Crippen LogP) is 1.78. The van der Waals surface area contributed by atoms with E-state index in [4.69, 9.17) is 0 Å². The number of halogens is 1. The molecule has 0 saturated heterocycles. The summed E-state index contributed by atoms with van der Waals surface area (Å²) in [6.45, 7) is 2.97. The average molecular weight is 329 g/mol. The van der Waals surface area contributed by atoms with Crippen molar-refractivity contribution in [2.75, 3.05) is 5.32 Å². The Hall–Kier alpha value is -1.18. The molecule has 5 nitrogen and oxygen atoms in total. The minimum absolute atomic E-state index is 0.289. The van der Waals surface area contributed by atoms with Crippen LogP contribution in [0.1, 0.15) is 6.92 Å². The maximum atomic E-state index is 4.19. The van der Waals surface area contributed by atoms with Crippen LogP contribution in [0.25, 0.3) is 0 Å². The molecule has 0 aliphatic rings. The summed E-state index contributed by atoms with van der Waals surface area (Å²) in [7, 11) is 0. The van der Waals surface area contributed by atoms with Gasteiger partial charge in [0, 0.05) is 31.2 Å². The van der Waals surface area contributed by atoms with Gasteiger partial charge >= 0.3 is 0 Å². The van der Waals surface area contributed by atoms with Crippen LogP contribution < -0.4 is 5.32 Å². The van der Waals surface area contributed by atoms with E-state index in [1.54, 1.807) is 18.7 Å². The molecule has 2 heterocycles. The molecule has 0 radical (unpaired) electrons. The first-order chi connectivity index (χ1) is 7.75. The largest absolute Gasteiger partial charge is 0.365 e. The zero-order chi connectivity index (χ0) is 11.4. The van der Waals surface area contributed by atoms with Crippen LogP contribution >= 0.6 is 22.6 Å². The molecule has 1 N–H and O–H groups in total. The van der Waals surface area contributed by atoms with Crippen LogP contribution in [-0.2, 0) is 6.54 Å². The van der Waals surface area contributed by atoms with Crippen LogP contribution in [0.15, 0.2) is 31.2 Å². The Bertz CT molecular complexity index is 442. The van der Waals surface area contributed by atoms with Crippen LogP contribution in [0.5, 0.6) is 0 Å². The number of hydrogen-bond donors (Lipinski definition) is 1. The Kier molecular flexibility index (Phi) is 3.70. The summed E-state index contributed by atoms with van der Waals surface area (Å²) in [5.41, 5.74) is 0. The fourth-order valence-electron chi connectivity index (χ4n) is 1.41. The van der Waals surface area contributed by atoms with E-state index in [-0.39, 0.29) is 6.04 Å². The topological polar surface area (TPSA) is 55.6 Å².